The first kappa shape index (κ1) is 23.3. The average Bonchev–Trinajstić information content (AvgIpc) is 2.85. The highest BCUT2D eigenvalue weighted by Crippen LogP contribution is 2.40. The van der Waals surface area contributed by atoms with E-state index in [1.807, 2.05) is 6.92 Å². The minimum absolute atomic E-state index is 0.00771. The van der Waals surface area contributed by atoms with Gasteiger partial charge in [0.1, 0.15) is 10.7 Å². The molecule has 34 heavy (non-hydrogen) atoms. The van der Waals surface area contributed by atoms with Gasteiger partial charge >= 0.3 is 5.97 Å². The van der Waals surface area contributed by atoms with Crippen LogP contribution in [-0.4, -0.2) is 33.4 Å². The van der Waals surface area contributed by atoms with E-state index in [2.05, 4.69) is 0 Å². The lowest BCUT2D eigenvalue weighted by Gasteiger charge is -2.29. The molecule has 0 aliphatic carbocycles. The summed E-state index contributed by atoms with van der Waals surface area (Å²) in [5, 5.41) is 0. The third-order valence-corrected chi connectivity index (χ3v) is 7.03. The van der Waals surface area contributed by atoms with Crippen molar-refractivity contribution in [3.63, 3.8) is 0 Å². The number of hydrogen-bond acceptors (Lipinski definition) is 7. The molecule has 1 aliphatic heterocycles. The predicted octanol–water partition coefficient (Wildman–Crippen LogP) is 4.91. The van der Waals surface area contributed by atoms with Gasteiger partial charge in [0.25, 0.3) is 0 Å². The monoisotopic (exact) mass is 477 g/mol. The molecule has 0 fully saturated rings. The molecule has 0 N–H and O–H groups in total. The lowest BCUT2D eigenvalue weighted by atomic mass is 10.1. The van der Waals surface area contributed by atoms with Gasteiger partial charge in [-0.25, -0.2) is 13.2 Å². The second-order valence-corrected chi connectivity index (χ2v) is 9.28. The van der Waals surface area contributed by atoms with Crippen LogP contribution in [0.3, 0.4) is 0 Å². The molecule has 0 amide bonds. The number of nitrogens with zero attached hydrogens (tertiary/aromatic N) is 1. The number of anilines is 2. The zero-order valence-electron chi connectivity index (χ0n) is 18.7. The molecule has 174 valence electrons. The molecule has 0 saturated heterocycles. The topological polar surface area (TPSA) is 90.0 Å². The van der Waals surface area contributed by atoms with Crippen molar-refractivity contribution in [3.05, 3.63) is 95.0 Å². The minimum atomic E-state index is -4.08. The molecule has 1 heterocycles. The standard InChI is InChI=1S/C26H23NO6S/c1-3-32-21-14-12-18(13-15-21)25(28)24-17-27(22-10-5-6-11-23(22)34(24,30)31)20-9-7-8-19(16-20)26(29)33-4-2/h5-17H,3-4H2,1-2H3. The van der Waals surface area contributed by atoms with E-state index < -0.39 is 21.6 Å². The summed E-state index contributed by atoms with van der Waals surface area (Å²) in [6.45, 7) is 4.27. The van der Waals surface area contributed by atoms with Gasteiger partial charge in [-0.2, -0.15) is 0 Å². The van der Waals surface area contributed by atoms with E-state index >= 15 is 0 Å². The summed E-state index contributed by atoms with van der Waals surface area (Å²) in [6, 6.07) is 19.4. The van der Waals surface area contributed by atoms with Gasteiger partial charge in [-0.3, -0.25) is 4.79 Å². The maximum atomic E-state index is 13.4. The van der Waals surface area contributed by atoms with Crippen LogP contribution < -0.4 is 9.64 Å². The Hall–Kier alpha value is -3.91. The Morgan fingerprint density at radius 3 is 2.29 bits per heavy atom. The number of carbonyl (C=O) groups is 2. The van der Waals surface area contributed by atoms with Crippen molar-refractivity contribution in [2.75, 3.05) is 18.1 Å². The fourth-order valence-electron chi connectivity index (χ4n) is 3.66. The SMILES string of the molecule is CCOC(=O)c1cccc(N2C=C(C(=O)c3ccc(OCC)cc3)S(=O)(=O)c3ccccc32)c1. The molecule has 0 spiro atoms. The Morgan fingerprint density at radius 1 is 0.853 bits per heavy atom. The van der Waals surface area contributed by atoms with Crippen molar-refractivity contribution >= 4 is 33.0 Å². The van der Waals surface area contributed by atoms with Gasteiger partial charge in [-0.05, 0) is 68.4 Å². The minimum Gasteiger partial charge on any atom is -0.494 e. The molecule has 0 aromatic heterocycles. The number of fused-ring (bicyclic) bond motifs is 1. The van der Waals surface area contributed by atoms with Crippen molar-refractivity contribution in [1.82, 2.24) is 0 Å². The lowest BCUT2D eigenvalue weighted by Crippen LogP contribution is -2.26. The molecule has 1 aliphatic rings. The van der Waals surface area contributed by atoms with Gasteiger partial charge in [0, 0.05) is 17.5 Å². The third kappa shape index (κ3) is 4.32. The van der Waals surface area contributed by atoms with Crippen molar-refractivity contribution in [1.29, 1.82) is 0 Å². The third-order valence-electron chi connectivity index (χ3n) is 5.24. The molecule has 8 heteroatoms. The van der Waals surface area contributed by atoms with Gasteiger partial charge in [0.15, 0.2) is 0 Å². The van der Waals surface area contributed by atoms with Crippen LogP contribution in [-0.2, 0) is 14.6 Å². The summed E-state index contributed by atoms with van der Waals surface area (Å²) < 4.78 is 37.3. The largest absolute Gasteiger partial charge is 0.494 e. The van der Waals surface area contributed by atoms with Crippen molar-refractivity contribution in [2.45, 2.75) is 18.7 Å². The van der Waals surface area contributed by atoms with Crippen LogP contribution in [0.4, 0.5) is 11.4 Å². The summed E-state index contributed by atoms with van der Waals surface area (Å²) in [5.74, 6) is -0.539. The zero-order valence-corrected chi connectivity index (χ0v) is 19.5. The fraction of sp³-hybridized carbons (Fsp3) is 0.154. The highest BCUT2D eigenvalue weighted by molar-refractivity contribution is 7.96. The molecular weight excluding hydrogens is 454 g/mol. The van der Waals surface area contributed by atoms with E-state index in [0.29, 0.717) is 29.3 Å². The van der Waals surface area contributed by atoms with Gasteiger partial charge in [-0.15, -0.1) is 0 Å². The van der Waals surface area contributed by atoms with E-state index in [9.17, 15) is 18.0 Å². The Balaban J connectivity index is 1.82. The summed E-state index contributed by atoms with van der Waals surface area (Å²) in [5.41, 5.74) is 1.44. The molecule has 0 radical (unpaired) electrons. The van der Waals surface area contributed by atoms with Crippen LogP contribution in [0.25, 0.3) is 0 Å². The quantitative estimate of drug-likeness (QED) is 0.353. The number of sulfone groups is 1. The summed E-state index contributed by atoms with van der Waals surface area (Å²) >= 11 is 0. The normalized spacial score (nSPS) is 14.1. The second-order valence-electron chi connectivity index (χ2n) is 7.39. The highest BCUT2D eigenvalue weighted by Gasteiger charge is 2.36. The second kappa shape index (κ2) is 9.52. The fourth-order valence-corrected chi connectivity index (χ4v) is 5.20. The molecule has 0 bridgehead atoms. The van der Waals surface area contributed by atoms with Gasteiger partial charge in [0.2, 0.25) is 15.6 Å². The van der Waals surface area contributed by atoms with Crippen molar-refractivity contribution in [3.8, 4) is 5.75 Å². The number of carbonyl (C=O) groups excluding carboxylic acids is 2. The molecule has 7 nitrogen and oxygen atoms in total. The van der Waals surface area contributed by atoms with Crippen LogP contribution in [0.15, 0.2) is 88.8 Å². The Bertz CT molecular complexity index is 1380. The summed E-state index contributed by atoms with van der Waals surface area (Å²) in [6.07, 6.45) is 1.31. The van der Waals surface area contributed by atoms with E-state index in [-0.39, 0.29) is 22.0 Å². The van der Waals surface area contributed by atoms with Gasteiger partial charge < -0.3 is 14.4 Å². The lowest BCUT2D eigenvalue weighted by molar-refractivity contribution is 0.0526. The molecule has 4 rings (SSSR count). The Kier molecular flexibility index (Phi) is 6.51. The van der Waals surface area contributed by atoms with Crippen LogP contribution in [0.2, 0.25) is 0 Å². The van der Waals surface area contributed by atoms with E-state index in [1.54, 1.807) is 66.4 Å². The zero-order chi connectivity index (χ0) is 24.3. The number of para-hydroxylation sites is 1. The van der Waals surface area contributed by atoms with Crippen LogP contribution in [0.1, 0.15) is 34.6 Å². The van der Waals surface area contributed by atoms with Crippen LogP contribution in [0, 0.1) is 0 Å². The Morgan fingerprint density at radius 2 is 1.59 bits per heavy atom. The summed E-state index contributed by atoms with van der Waals surface area (Å²) in [4.78, 5) is 26.8. The first-order valence-electron chi connectivity index (χ1n) is 10.8. The number of ketones is 1. The molecule has 0 saturated carbocycles. The number of Topliss-reactive ketones (excluding diaryl/α,β-unsaturated/α-hetero) is 1. The molecule has 3 aromatic carbocycles. The predicted molar refractivity (Wildman–Crippen MR) is 128 cm³/mol. The molecule has 0 atom stereocenters. The van der Waals surface area contributed by atoms with Crippen molar-refractivity contribution < 1.29 is 27.5 Å². The summed E-state index contributed by atoms with van der Waals surface area (Å²) in [7, 11) is -4.08. The molecule has 3 aromatic rings. The maximum absolute atomic E-state index is 13.4. The number of benzene rings is 3. The van der Waals surface area contributed by atoms with Crippen LogP contribution in [0.5, 0.6) is 5.75 Å². The number of esters is 1. The number of rotatable bonds is 7. The first-order chi connectivity index (χ1) is 16.4. The first-order valence-corrected chi connectivity index (χ1v) is 12.2. The smallest absolute Gasteiger partial charge is 0.338 e. The van der Waals surface area contributed by atoms with Crippen molar-refractivity contribution in [2.24, 2.45) is 0 Å². The highest BCUT2D eigenvalue weighted by atomic mass is 32.2. The average molecular weight is 478 g/mol. The number of ether oxygens (including phenoxy) is 2. The molecule has 0 unspecified atom stereocenters. The Labute approximate surface area is 198 Å². The number of hydrogen-bond donors (Lipinski definition) is 0. The van der Waals surface area contributed by atoms with E-state index in [1.165, 1.54) is 24.4 Å². The van der Waals surface area contributed by atoms with Crippen LogP contribution >= 0.6 is 0 Å². The molecular formula is C26H23NO6S. The van der Waals surface area contributed by atoms with E-state index in [4.69, 9.17) is 9.47 Å². The maximum Gasteiger partial charge on any atom is 0.338 e. The van der Waals surface area contributed by atoms with Gasteiger partial charge in [-0.1, -0.05) is 18.2 Å². The van der Waals surface area contributed by atoms with Gasteiger partial charge in [0.05, 0.1) is 29.4 Å². The number of allylic oxidation sites excluding steroid dienone is 1. The van der Waals surface area contributed by atoms with E-state index in [0.717, 1.165) is 0 Å².